The van der Waals surface area contributed by atoms with Crippen LogP contribution in [0, 0.1) is 0 Å². The Morgan fingerprint density at radius 3 is 2.25 bits per heavy atom. The second-order valence-corrected chi connectivity index (χ2v) is 5.81. The molecule has 1 aliphatic rings. The molecule has 1 rings (SSSR count). The molecule has 114 valence electrons. The molecular formula is C13H19F2NO4. The molecule has 0 N–H and O–H groups in total. The molecule has 1 atom stereocenters. The third kappa shape index (κ3) is 2.36. The van der Waals surface area contributed by atoms with Crippen molar-refractivity contribution in [2.45, 2.75) is 44.8 Å². The molecule has 1 amide bonds. The Morgan fingerprint density at radius 2 is 1.85 bits per heavy atom. The van der Waals surface area contributed by atoms with Gasteiger partial charge in [-0.25, -0.2) is 9.59 Å². The van der Waals surface area contributed by atoms with Crippen molar-refractivity contribution >= 4 is 12.1 Å². The zero-order valence-corrected chi connectivity index (χ0v) is 12.3. The quantitative estimate of drug-likeness (QED) is 0.550. The van der Waals surface area contributed by atoms with E-state index in [9.17, 15) is 18.4 Å². The standard InChI is InChI=1S/C13H19F2NO4/c1-8-7-16(10(18)20-11(2,3)4)12(5,9(17)19-6)13(8,14)15/h1,7H2,2-6H3. The molecule has 1 heterocycles. The van der Waals surface area contributed by atoms with Crippen LogP contribution in [0.2, 0.25) is 0 Å². The van der Waals surface area contributed by atoms with Crippen molar-refractivity contribution in [3.8, 4) is 0 Å². The van der Waals surface area contributed by atoms with Gasteiger partial charge in [-0.1, -0.05) is 6.58 Å². The fourth-order valence-electron chi connectivity index (χ4n) is 1.96. The van der Waals surface area contributed by atoms with Gasteiger partial charge in [-0.2, -0.15) is 8.78 Å². The number of carbonyl (C=O) groups is 2. The number of rotatable bonds is 1. The third-order valence-electron chi connectivity index (χ3n) is 3.14. The lowest BCUT2D eigenvalue weighted by molar-refractivity contribution is -0.167. The molecule has 1 aliphatic heterocycles. The lowest BCUT2D eigenvalue weighted by atomic mass is 9.93. The number of hydrogen-bond acceptors (Lipinski definition) is 4. The van der Waals surface area contributed by atoms with E-state index in [1.807, 2.05) is 0 Å². The first kappa shape index (κ1) is 16.4. The lowest BCUT2D eigenvalue weighted by Gasteiger charge is -2.36. The molecule has 1 unspecified atom stereocenters. The smallest absolute Gasteiger partial charge is 0.411 e. The van der Waals surface area contributed by atoms with E-state index in [0.29, 0.717) is 4.90 Å². The molecule has 20 heavy (non-hydrogen) atoms. The summed E-state index contributed by atoms with van der Waals surface area (Å²) in [6.45, 7) is 8.52. The Kier molecular flexibility index (Phi) is 3.86. The van der Waals surface area contributed by atoms with Gasteiger partial charge in [-0.15, -0.1) is 0 Å². The minimum Gasteiger partial charge on any atom is -0.467 e. The van der Waals surface area contributed by atoms with Crippen LogP contribution in [0.1, 0.15) is 27.7 Å². The summed E-state index contributed by atoms with van der Waals surface area (Å²) in [5.41, 5.74) is -3.86. The number of alkyl halides is 2. The number of halogens is 2. The van der Waals surface area contributed by atoms with Gasteiger partial charge in [-0.05, 0) is 27.7 Å². The van der Waals surface area contributed by atoms with Gasteiger partial charge in [0.15, 0.2) is 0 Å². The number of methoxy groups -OCH3 is 1. The van der Waals surface area contributed by atoms with Gasteiger partial charge in [0, 0.05) is 5.57 Å². The van der Waals surface area contributed by atoms with Gasteiger partial charge < -0.3 is 9.47 Å². The second-order valence-electron chi connectivity index (χ2n) is 5.81. The summed E-state index contributed by atoms with van der Waals surface area (Å²) < 4.78 is 37.9. The van der Waals surface area contributed by atoms with Gasteiger partial charge in [0.2, 0.25) is 5.54 Å². The first-order valence-electron chi connectivity index (χ1n) is 6.03. The van der Waals surface area contributed by atoms with E-state index in [1.54, 1.807) is 20.8 Å². The van der Waals surface area contributed by atoms with Crippen LogP contribution in [-0.4, -0.2) is 47.7 Å². The topological polar surface area (TPSA) is 55.8 Å². The highest BCUT2D eigenvalue weighted by Gasteiger charge is 2.68. The second kappa shape index (κ2) is 4.71. The SMILES string of the molecule is C=C1CN(C(=O)OC(C)(C)C)C(C)(C(=O)OC)C1(F)F. The summed E-state index contributed by atoms with van der Waals surface area (Å²) in [7, 11) is 0.984. The number of likely N-dealkylation sites (tertiary alicyclic amines) is 1. The van der Waals surface area contributed by atoms with Gasteiger partial charge in [0.25, 0.3) is 0 Å². The number of amides is 1. The average Bonchev–Trinajstić information content (AvgIpc) is 2.47. The van der Waals surface area contributed by atoms with E-state index >= 15 is 0 Å². The summed E-state index contributed by atoms with van der Waals surface area (Å²) in [6.07, 6.45) is -1.01. The molecule has 0 saturated carbocycles. The van der Waals surface area contributed by atoms with E-state index in [0.717, 1.165) is 14.0 Å². The molecule has 1 saturated heterocycles. The van der Waals surface area contributed by atoms with Gasteiger partial charge in [0.05, 0.1) is 13.7 Å². The summed E-state index contributed by atoms with van der Waals surface area (Å²) >= 11 is 0. The Morgan fingerprint density at radius 1 is 1.35 bits per heavy atom. The highest BCUT2D eigenvalue weighted by molar-refractivity contribution is 5.89. The number of nitrogens with zero attached hydrogens (tertiary/aromatic N) is 1. The first-order chi connectivity index (χ1) is 8.88. The zero-order valence-electron chi connectivity index (χ0n) is 12.3. The van der Waals surface area contributed by atoms with Crippen LogP contribution in [0.5, 0.6) is 0 Å². The van der Waals surface area contributed by atoms with Crippen LogP contribution < -0.4 is 0 Å². The predicted molar refractivity (Wildman–Crippen MR) is 67.4 cm³/mol. The Hall–Kier alpha value is -1.66. The normalized spacial score (nSPS) is 25.6. The maximum absolute atomic E-state index is 14.2. The Bertz CT molecular complexity index is 456. The van der Waals surface area contributed by atoms with Crippen molar-refractivity contribution in [2.24, 2.45) is 0 Å². The van der Waals surface area contributed by atoms with E-state index < -0.39 is 41.2 Å². The largest absolute Gasteiger partial charge is 0.467 e. The minimum atomic E-state index is -3.59. The maximum atomic E-state index is 14.2. The Labute approximate surface area is 116 Å². The third-order valence-corrected chi connectivity index (χ3v) is 3.14. The van der Waals surface area contributed by atoms with Crippen LogP contribution in [0.15, 0.2) is 12.2 Å². The van der Waals surface area contributed by atoms with Crippen molar-refractivity contribution in [3.05, 3.63) is 12.2 Å². The molecule has 0 bridgehead atoms. The lowest BCUT2D eigenvalue weighted by Crippen LogP contribution is -2.60. The van der Waals surface area contributed by atoms with E-state index in [1.165, 1.54) is 0 Å². The Balaban J connectivity index is 3.22. The van der Waals surface area contributed by atoms with Gasteiger partial charge in [-0.3, -0.25) is 4.90 Å². The number of hydrogen-bond donors (Lipinski definition) is 0. The highest BCUT2D eigenvalue weighted by Crippen LogP contribution is 2.46. The van der Waals surface area contributed by atoms with Crippen molar-refractivity contribution < 1.29 is 27.8 Å². The van der Waals surface area contributed by atoms with Crippen LogP contribution >= 0.6 is 0 Å². The molecule has 1 fully saturated rings. The molecule has 0 aromatic carbocycles. The van der Waals surface area contributed by atoms with E-state index in [4.69, 9.17) is 4.74 Å². The van der Waals surface area contributed by atoms with Crippen LogP contribution in [0.25, 0.3) is 0 Å². The van der Waals surface area contributed by atoms with Gasteiger partial charge in [0.1, 0.15) is 5.60 Å². The summed E-state index contributed by atoms with van der Waals surface area (Å²) in [5.74, 6) is -4.80. The van der Waals surface area contributed by atoms with Crippen LogP contribution in [0.4, 0.5) is 13.6 Å². The van der Waals surface area contributed by atoms with Crippen LogP contribution in [-0.2, 0) is 14.3 Å². The molecule has 0 aromatic heterocycles. The summed E-state index contributed by atoms with van der Waals surface area (Å²) in [4.78, 5) is 24.5. The molecule has 0 aromatic rings. The zero-order chi connectivity index (χ0) is 15.9. The minimum absolute atomic E-state index is 0.465. The molecule has 0 radical (unpaired) electrons. The predicted octanol–water partition coefficient (Wildman–Crippen LogP) is 2.36. The number of esters is 1. The molecule has 5 nitrogen and oxygen atoms in total. The van der Waals surface area contributed by atoms with Crippen molar-refractivity contribution in [3.63, 3.8) is 0 Å². The molecule has 0 aliphatic carbocycles. The summed E-state index contributed by atoms with van der Waals surface area (Å²) in [5, 5.41) is 0. The molecule has 7 heteroatoms. The fraction of sp³-hybridized carbons (Fsp3) is 0.692. The van der Waals surface area contributed by atoms with Crippen molar-refractivity contribution in [2.75, 3.05) is 13.7 Å². The first-order valence-corrected chi connectivity index (χ1v) is 6.03. The highest BCUT2D eigenvalue weighted by atomic mass is 19.3. The van der Waals surface area contributed by atoms with Crippen molar-refractivity contribution in [1.82, 2.24) is 4.90 Å². The van der Waals surface area contributed by atoms with Crippen LogP contribution in [0.3, 0.4) is 0 Å². The monoisotopic (exact) mass is 291 g/mol. The fourth-order valence-corrected chi connectivity index (χ4v) is 1.96. The molecule has 0 spiro atoms. The van der Waals surface area contributed by atoms with E-state index in [-0.39, 0.29) is 0 Å². The van der Waals surface area contributed by atoms with Crippen molar-refractivity contribution in [1.29, 1.82) is 0 Å². The van der Waals surface area contributed by atoms with E-state index in [2.05, 4.69) is 11.3 Å². The maximum Gasteiger partial charge on any atom is 0.411 e. The number of carbonyl (C=O) groups excluding carboxylic acids is 2. The van der Waals surface area contributed by atoms with Gasteiger partial charge >= 0.3 is 18.0 Å². The summed E-state index contributed by atoms with van der Waals surface area (Å²) in [6, 6.07) is 0. The molecular weight excluding hydrogens is 272 g/mol. The average molecular weight is 291 g/mol. The number of ether oxygens (including phenoxy) is 2.